The molecule has 25 heavy (non-hydrogen) atoms. The topological polar surface area (TPSA) is 59.3 Å². The zero-order valence-electron chi connectivity index (χ0n) is 13.9. The van der Waals surface area contributed by atoms with Crippen molar-refractivity contribution in [1.29, 1.82) is 0 Å². The summed E-state index contributed by atoms with van der Waals surface area (Å²) in [6.07, 6.45) is 4.78. The highest BCUT2D eigenvalue weighted by atomic mass is 79.9. The summed E-state index contributed by atoms with van der Waals surface area (Å²) in [6, 6.07) is 13.5. The van der Waals surface area contributed by atoms with Crippen LogP contribution in [0.4, 0.5) is 0 Å². The Morgan fingerprint density at radius 1 is 1.24 bits per heavy atom. The predicted molar refractivity (Wildman–Crippen MR) is 102 cm³/mol. The first-order chi connectivity index (χ1) is 12.1. The van der Waals surface area contributed by atoms with Gasteiger partial charge in [-0.3, -0.25) is 9.78 Å². The molecule has 3 rings (SSSR count). The number of rotatable bonds is 4. The van der Waals surface area contributed by atoms with E-state index in [0.717, 1.165) is 27.1 Å². The minimum Gasteiger partial charge on any atom is -0.318 e. The highest BCUT2D eigenvalue weighted by Gasteiger charge is 2.10. The van der Waals surface area contributed by atoms with Crippen LogP contribution in [0.2, 0.25) is 0 Å². The number of nitrogens with zero attached hydrogens (tertiary/aromatic N) is 3. The SMILES string of the molecule is Cc1cc(/C=N\NC(=O)c2cccnc2)c(C)n1-c1cccc(Br)c1. The lowest BCUT2D eigenvalue weighted by Gasteiger charge is -2.09. The normalized spacial score (nSPS) is 11.0. The van der Waals surface area contributed by atoms with Crippen LogP contribution in [-0.2, 0) is 0 Å². The molecule has 2 aromatic heterocycles. The van der Waals surface area contributed by atoms with Crippen molar-refractivity contribution in [2.24, 2.45) is 5.10 Å². The fourth-order valence-corrected chi connectivity index (χ4v) is 3.04. The summed E-state index contributed by atoms with van der Waals surface area (Å²) < 4.78 is 3.17. The van der Waals surface area contributed by atoms with Crippen molar-refractivity contribution in [3.63, 3.8) is 0 Å². The largest absolute Gasteiger partial charge is 0.318 e. The van der Waals surface area contributed by atoms with Crippen LogP contribution < -0.4 is 5.43 Å². The van der Waals surface area contributed by atoms with Crippen LogP contribution in [-0.4, -0.2) is 21.7 Å². The maximum absolute atomic E-state index is 12.0. The fraction of sp³-hybridized carbons (Fsp3) is 0.105. The Morgan fingerprint density at radius 3 is 2.80 bits per heavy atom. The summed E-state index contributed by atoms with van der Waals surface area (Å²) in [5, 5.41) is 4.07. The van der Waals surface area contributed by atoms with E-state index in [4.69, 9.17) is 0 Å². The zero-order chi connectivity index (χ0) is 17.8. The molecule has 126 valence electrons. The molecule has 5 nitrogen and oxygen atoms in total. The lowest BCUT2D eigenvalue weighted by Crippen LogP contribution is -2.17. The first-order valence-corrected chi connectivity index (χ1v) is 8.54. The van der Waals surface area contributed by atoms with E-state index in [1.54, 1.807) is 24.5 Å². The molecule has 1 aromatic carbocycles. The van der Waals surface area contributed by atoms with Crippen molar-refractivity contribution in [1.82, 2.24) is 15.0 Å². The third kappa shape index (κ3) is 3.85. The number of amides is 1. The van der Waals surface area contributed by atoms with Gasteiger partial charge >= 0.3 is 0 Å². The Labute approximate surface area is 154 Å². The molecular formula is C19H17BrN4O. The number of carbonyl (C=O) groups is 1. The van der Waals surface area contributed by atoms with Gasteiger partial charge in [0.05, 0.1) is 11.8 Å². The van der Waals surface area contributed by atoms with Gasteiger partial charge in [-0.1, -0.05) is 22.0 Å². The van der Waals surface area contributed by atoms with E-state index in [9.17, 15) is 4.79 Å². The fourth-order valence-electron chi connectivity index (χ4n) is 2.65. The number of benzene rings is 1. The molecule has 0 radical (unpaired) electrons. The summed E-state index contributed by atoms with van der Waals surface area (Å²) in [7, 11) is 0. The second kappa shape index (κ2) is 7.44. The number of hydrogen-bond donors (Lipinski definition) is 1. The van der Waals surface area contributed by atoms with Gasteiger partial charge in [0, 0.05) is 39.5 Å². The van der Waals surface area contributed by atoms with Crippen molar-refractivity contribution in [3.05, 3.63) is 81.8 Å². The van der Waals surface area contributed by atoms with E-state index in [-0.39, 0.29) is 5.91 Å². The van der Waals surface area contributed by atoms with E-state index in [1.165, 1.54) is 6.20 Å². The molecule has 6 heteroatoms. The number of carbonyl (C=O) groups excluding carboxylic acids is 1. The molecule has 0 bridgehead atoms. The van der Waals surface area contributed by atoms with Crippen molar-refractivity contribution >= 4 is 28.1 Å². The second-order valence-corrected chi connectivity index (χ2v) is 6.50. The Kier molecular flexibility index (Phi) is 5.09. The van der Waals surface area contributed by atoms with E-state index >= 15 is 0 Å². The molecule has 0 saturated heterocycles. The monoisotopic (exact) mass is 396 g/mol. The summed E-state index contributed by atoms with van der Waals surface area (Å²) >= 11 is 3.50. The third-order valence-corrected chi connectivity index (χ3v) is 4.32. The minimum atomic E-state index is -0.287. The number of halogens is 1. The van der Waals surface area contributed by atoms with Gasteiger partial charge in [0.1, 0.15) is 0 Å². The van der Waals surface area contributed by atoms with E-state index < -0.39 is 0 Å². The van der Waals surface area contributed by atoms with Gasteiger partial charge in [0.25, 0.3) is 5.91 Å². The molecule has 0 spiro atoms. The number of hydrazone groups is 1. The van der Waals surface area contributed by atoms with Gasteiger partial charge in [-0.15, -0.1) is 0 Å². The molecule has 2 heterocycles. The van der Waals surface area contributed by atoms with Crippen molar-refractivity contribution < 1.29 is 4.79 Å². The molecular weight excluding hydrogens is 380 g/mol. The summed E-state index contributed by atoms with van der Waals surface area (Å²) in [6.45, 7) is 4.07. The molecule has 0 fully saturated rings. The van der Waals surface area contributed by atoms with Crippen LogP contribution in [0, 0.1) is 13.8 Å². The number of aromatic nitrogens is 2. The summed E-state index contributed by atoms with van der Waals surface area (Å²) in [4.78, 5) is 15.9. The molecule has 1 amide bonds. The lowest BCUT2D eigenvalue weighted by molar-refractivity contribution is 0.0955. The zero-order valence-corrected chi connectivity index (χ0v) is 15.5. The number of aryl methyl sites for hydroxylation is 1. The third-order valence-electron chi connectivity index (χ3n) is 3.83. The van der Waals surface area contributed by atoms with Crippen LogP contribution in [0.5, 0.6) is 0 Å². The number of nitrogens with one attached hydrogen (secondary N) is 1. The first-order valence-electron chi connectivity index (χ1n) is 7.74. The van der Waals surface area contributed by atoms with E-state index in [2.05, 4.69) is 48.1 Å². The quantitative estimate of drug-likeness (QED) is 0.534. The van der Waals surface area contributed by atoms with Gasteiger partial charge in [0.2, 0.25) is 0 Å². The van der Waals surface area contributed by atoms with Gasteiger partial charge in [-0.05, 0) is 50.2 Å². The maximum atomic E-state index is 12.0. The second-order valence-electron chi connectivity index (χ2n) is 5.58. The lowest BCUT2D eigenvalue weighted by atomic mass is 10.2. The van der Waals surface area contributed by atoms with Crippen LogP contribution in [0.25, 0.3) is 5.69 Å². The van der Waals surface area contributed by atoms with Crippen LogP contribution in [0.15, 0.2) is 64.4 Å². The molecule has 0 aliphatic rings. The number of pyridine rings is 1. The molecule has 0 saturated carbocycles. The molecule has 0 atom stereocenters. The highest BCUT2D eigenvalue weighted by molar-refractivity contribution is 9.10. The van der Waals surface area contributed by atoms with Crippen LogP contribution in [0.1, 0.15) is 27.3 Å². The van der Waals surface area contributed by atoms with E-state index in [0.29, 0.717) is 5.56 Å². The Bertz CT molecular complexity index is 932. The van der Waals surface area contributed by atoms with Gasteiger partial charge in [-0.25, -0.2) is 5.43 Å². The molecule has 3 aromatic rings. The van der Waals surface area contributed by atoms with E-state index in [1.807, 2.05) is 32.0 Å². The molecule has 0 aliphatic heterocycles. The molecule has 0 aliphatic carbocycles. The Hall–Kier alpha value is -2.73. The van der Waals surface area contributed by atoms with Crippen molar-refractivity contribution in [2.75, 3.05) is 0 Å². The molecule has 1 N–H and O–H groups in total. The van der Waals surface area contributed by atoms with Crippen LogP contribution >= 0.6 is 15.9 Å². The average molecular weight is 397 g/mol. The van der Waals surface area contributed by atoms with Gasteiger partial charge < -0.3 is 4.57 Å². The standard InChI is InChI=1S/C19H17BrN4O/c1-13-9-16(12-22-23-19(25)15-5-4-8-21-11-15)14(2)24(13)18-7-3-6-17(20)10-18/h3-12H,1-2H3,(H,23,25)/b22-12-. The smallest absolute Gasteiger partial charge is 0.272 e. The van der Waals surface area contributed by atoms with Gasteiger partial charge in [0.15, 0.2) is 0 Å². The number of hydrogen-bond acceptors (Lipinski definition) is 3. The van der Waals surface area contributed by atoms with Crippen molar-refractivity contribution in [2.45, 2.75) is 13.8 Å². The maximum Gasteiger partial charge on any atom is 0.272 e. The first kappa shape index (κ1) is 17.1. The summed E-state index contributed by atoms with van der Waals surface area (Å²) in [5.41, 5.74) is 7.16. The summed E-state index contributed by atoms with van der Waals surface area (Å²) in [5.74, 6) is -0.287. The average Bonchev–Trinajstić information content (AvgIpc) is 2.89. The molecule has 0 unspecified atom stereocenters. The van der Waals surface area contributed by atoms with Gasteiger partial charge in [-0.2, -0.15) is 5.10 Å². The van der Waals surface area contributed by atoms with Crippen LogP contribution in [0.3, 0.4) is 0 Å². The Morgan fingerprint density at radius 2 is 2.08 bits per heavy atom. The van der Waals surface area contributed by atoms with Crippen molar-refractivity contribution in [3.8, 4) is 5.69 Å². The Balaban J connectivity index is 1.80. The minimum absolute atomic E-state index is 0.287. The highest BCUT2D eigenvalue weighted by Crippen LogP contribution is 2.22. The predicted octanol–water partition coefficient (Wildman–Crippen LogP) is 4.02.